The molecule has 0 unspecified atom stereocenters. The lowest BCUT2D eigenvalue weighted by molar-refractivity contribution is 0.356. The van der Waals surface area contributed by atoms with Crippen LogP contribution in [0, 0.1) is 0 Å². The highest BCUT2D eigenvalue weighted by molar-refractivity contribution is 5.59. The van der Waals surface area contributed by atoms with E-state index in [1.54, 1.807) is 70.1 Å². The number of hydrogen-bond donors (Lipinski definition) is 0. The fourth-order valence-corrected chi connectivity index (χ4v) is 7.62. The monoisotopic (exact) mass is 776 g/mol. The first-order valence-corrected chi connectivity index (χ1v) is 18.6. The molecular formula is C47H52O10. The van der Waals surface area contributed by atoms with Gasteiger partial charge in [-0.3, -0.25) is 0 Å². The first kappa shape index (κ1) is 40.5. The fourth-order valence-electron chi connectivity index (χ4n) is 7.62. The van der Waals surface area contributed by atoms with Crippen LogP contribution < -0.4 is 47.4 Å². The minimum Gasteiger partial charge on any atom is -0.496 e. The average molecular weight is 777 g/mol. The van der Waals surface area contributed by atoms with Crippen LogP contribution in [0.2, 0.25) is 0 Å². The summed E-state index contributed by atoms with van der Waals surface area (Å²) in [6.07, 6.45) is 4.18. The summed E-state index contributed by atoms with van der Waals surface area (Å²) in [6.45, 7) is 4.21. The van der Waals surface area contributed by atoms with Crippen LogP contribution in [-0.2, 0) is 32.1 Å². The highest BCUT2D eigenvalue weighted by Gasteiger charge is 2.23. The van der Waals surface area contributed by atoms with E-state index in [1.165, 1.54) is 0 Å². The SMILES string of the molecule is C=CCOc1cc2c(OC)cc1Cc1cc(OC)c(cc1OC)Cc1cc(OC)c(cc1OC)Cc1cc(OC)c(cc1OC)Cc1cc(OC)c(cc1OC)C2. The quantitative estimate of drug-likeness (QED) is 0.113. The minimum atomic E-state index is 0.323. The molecule has 300 valence electrons. The zero-order valence-electron chi connectivity index (χ0n) is 34.4. The van der Waals surface area contributed by atoms with Gasteiger partial charge in [0.15, 0.2) is 0 Å². The zero-order chi connectivity index (χ0) is 40.6. The summed E-state index contributed by atoms with van der Waals surface area (Å²) >= 11 is 0. The maximum Gasteiger partial charge on any atom is 0.123 e. The fraction of sp³-hybridized carbons (Fsp3) is 0.319. The van der Waals surface area contributed by atoms with Gasteiger partial charge in [-0.2, -0.15) is 0 Å². The van der Waals surface area contributed by atoms with Crippen molar-refractivity contribution in [2.24, 2.45) is 0 Å². The number of ether oxygens (including phenoxy) is 10. The van der Waals surface area contributed by atoms with E-state index >= 15 is 0 Å². The van der Waals surface area contributed by atoms with Crippen molar-refractivity contribution < 1.29 is 47.4 Å². The van der Waals surface area contributed by atoms with Gasteiger partial charge < -0.3 is 47.4 Å². The van der Waals surface area contributed by atoms with Gasteiger partial charge in [0.2, 0.25) is 0 Å². The molecule has 0 aliphatic heterocycles. The number of rotatable bonds is 12. The molecule has 57 heavy (non-hydrogen) atoms. The van der Waals surface area contributed by atoms with Crippen LogP contribution in [0.25, 0.3) is 0 Å². The second-order valence-corrected chi connectivity index (χ2v) is 13.7. The molecule has 0 N–H and O–H groups in total. The summed E-state index contributed by atoms with van der Waals surface area (Å²) in [4.78, 5) is 0. The van der Waals surface area contributed by atoms with Crippen LogP contribution in [0.1, 0.15) is 55.6 Å². The van der Waals surface area contributed by atoms with E-state index in [-0.39, 0.29) is 0 Å². The highest BCUT2D eigenvalue weighted by Crippen LogP contribution is 2.42. The topological polar surface area (TPSA) is 92.3 Å². The van der Waals surface area contributed by atoms with Gasteiger partial charge in [0, 0.05) is 87.7 Å². The standard InChI is InChI=1S/C47H52O10/c1-11-12-57-47-27-36-16-34-24-42(52-6)32(22-43(34)53-7)14-30-20-38(48-2)28(18-39(30)49-3)13-29-19-41(51-5)31(21-40(29)50-4)15-33-23-45(55-9)35(25-44(33)54-8)17-37(47)26-46(36)56-10/h11,18-27H,1,12-17H2,2-10H3. The van der Waals surface area contributed by atoms with E-state index in [0.29, 0.717) is 96.2 Å². The van der Waals surface area contributed by atoms with Crippen molar-refractivity contribution in [1.29, 1.82) is 0 Å². The maximum atomic E-state index is 6.31. The molecule has 0 radical (unpaired) electrons. The van der Waals surface area contributed by atoms with Gasteiger partial charge in [0.05, 0.1) is 64.0 Å². The van der Waals surface area contributed by atoms with Crippen LogP contribution in [0.3, 0.4) is 0 Å². The van der Waals surface area contributed by atoms with Gasteiger partial charge in [-0.1, -0.05) is 12.7 Å². The molecule has 0 atom stereocenters. The molecule has 0 saturated heterocycles. The Hall–Kier alpha value is -6.16. The third-order valence-corrected chi connectivity index (χ3v) is 10.5. The molecule has 5 aromatic rings. The first-order valence-electron chi connectivity index (χ1n) is 18.6. The second-order valence-electron chi connectivity index (χ2n) is 13.7. The molecular weight excluding hydrogens is 725 g/mol. The van der Waals surface area contributed by atoms with Crippen LogP contribution in [0.5, 0.6) is 57.5 Å². The Morgan fingerprint density at radius 3 is 0.632 bits per heavy atom. The predicted molar refractivity (Wildman–Crippen MR) is 221 cm³/mol. The molecule has 0 fully saturated rings. The molecule has 10 heteroatoms. The summed E-state index contributed by atoms with van der Waals surface area (Å²) in [5.74, 6) is 7.09. The van der Waals surface area contributed by atoms with E-state index in [9.17, 15) is 0 Å². The van der Waals surface area contributed by atoms with Gasteiger partial charge in [0.25, 0.3) is 0 Å². The highest BCUT2D eigenvalue weighted by atomic mass is 16.5. The van der Waals surface area contributed by atoms with Crippen molar-refractivity contribution in [3.63, 3.8) is 0 Å². The third-order valence-electron chi connectivity index (χ3n) is 10.5. The van der Waals surface area contributed by atoms with Crippen molar-refractivity contribution >= 4 is 0 Å². The number of hydrogen-bond acceptors (Lipinski definition) is 10. The largest absolute Gasteiger partial charge is 0.496 e. The van der Waals surface area contributed by atoms with E-state index in [1.807, 2.05) is 60.7 Å². The van der Waals surface area contributed by atoms with Crippen molar-refractivity contribution in [1.82, 2.24) is 0 Å². The molecule has 0 spiro atoms. The first-order chi connectivity index (χ1) is 27.7. The number of benzene rings is 5. The lowest BCUT2D eigenvalue weighted by Crippen LogP contribution is -2.05. The van der Waals surface area contributed by atoms with Crippen molar-refractivity contribution in [3.05, 3.63) is 129 Å². The summed E-state index contributed by atoms with van der Waals surface area (Å²) in [5, 5.41) is 0. The van der Waals surface area contributed by atoms with E-state index < -0.39 is 0 Å². The normalized spacial score (nSPS) is 12.1. The lowest BCUT2D eigenvalue weighted by atomic mass is 9.94. The average Bonchev–Trinajstić information content (AvgIpc) is 3.24. The molecule has 0 amide bonds. The van der Waals surface area contributed by atoms with Crippen LogP contribution in [0.4, 0.5) is 0 Å². The predicted octanol–water partition coefficient (Wildman–Crippen LogP) is 8.60. The van der Waals surface area contributed by atoms with E-state index in [2.05, 4.69) is 6.58 Å². The zero-order valence-corrected chi connectivity index (χ0v) is 34.4. The van der Waals surface area contributed by atoms with Crippen molar-refractivity contribution in [2.75, 3.05) is 70.6 Å². The Morgan fingerprint density at radius 1 is 0.316 bits per heavy atom. The molecule has 0 saturated carbocycles. The third kappa shape index (κ3) is 8.50. The Morgan fingerprint density at radius 2 is 0.474 bits per heavy atom. The second kappa shape index (κ2) is 18.2. The molecule has 10 nitrogen and oxygen atoms in total. The number of methoxy groups -OCH3 is 9. The smallest absolute Gasteiger partial charge is 0.123 e. The van der Waals surface area contributed by atoms with Crippen LogP contribution in [0.15, 0.2) is 73.3 Å². The molecule has 0 heterocycles. The Bertz CT molecular complexity index is 2240. The van der Waals surface area contributed by atoms with Gasteiger partial charge >= 0.3 is 0 Å². The summed E-state index contributed by atoms with van der Waals surface area (Å²) < 4.78 is 60.4. The molecule has 10 aliphatic rings. The van der Waals surface area contributed by atoms with Crippen molar-refractivity contribution in [3.8, 4) is 57.5 Å². The summed E-state index contributed by atoms with van der Waals surface area (Å²) in [5.41, 5.74) is 9.20. The lowest BCUT2D eigenvalue weighted by Gasteiger charge is -2.20. The Balaban J connectivity index is 1.61. The van der Waals surface area contributed by atoms with Gasteiger partial charge in [-0.05, 0) is 60.7 Å². The summed E-state index contributed by atoms with van der Waals surface area (Å²) in [6, 6.07) is 20.2. The molecule has 15 rings (SSSR count). The minimum absolute atomic E-state index is 0.323. The van der Waals surface area contributed by atoms with E-state index in [4.69, 9.17) is 47.4 Å². The van der Waals surface area contributed by atoms with Gasteiger partial charge in [0.1, 0.15) is 64.1 Å². The Kier molecular flexibility index (Phi) is 12.9. The molecule has 10 bridgehead atoms. The maximum absolute atomic E-state index is 6.31. The van der Waals surface area contributed by atoms with E-state index in [0.717, 1.165) is 55.6 Å². The van der Waals surface area contributed by atoms with Gasteiger partial charge in [-0.25, -0.2) is 0 Å². The van der Waals surface area contributed by atoms with Crippen LogP contribution >= 0.6 is 0 Å². The van der Waals surface area contributed by atoms with Gasteiger partial charge in [-0.15, -0.1) is 0 Å². The van der Waals surface area contributed by atoms with Crippen molar-refractivity contribution in [2.45, 2.75) is 32.1 Å². The Labute approximate surface area is 335 Å². The molecule has 10 aliphatic carbocycles. The molecule has 0 aromatic heterocycles. The molecule has 5 aromatic carbocycles. The summed E-state index contributed by atoms with van der Waals surface area (Å²) in [7, 11) is 15.1. The van der Waals surface area contributed by atoms with Crippen LogP contribution in [-0.4, -0.2) is 70.6 Å².